The van der Waals surface area contributed by atoms with Crippen molar-refractivity contribution < 1.29 is 38.2 Å². The van der Waals surface area contributed by atoms with Gasteiger partial charge in [-0.25, -0.2) is 0 Å². The highest BCUT2D eigenvalue weighted by Crippen LogP contribution is 2.13. The second-order valence-corrected chi connectivity index (χ2v) is 14.5. The number of esters is 2. The standard InChI is InChI=1S/C43H75NO7/c1-6-8-10-12-14-16-18-20-21-22-24-25-27-29-31-33-41(45)50-38-39(37-49-36-35-40(43(47)48)44(3,4)5)51-42(46)34-32-30-28-26-23-19-17-15-13-11-9-7-2/h9,11,14-18,20,39-40H,6-8,10,12-13,19,21-38H2,1-5H3/b11-9+,16-14+,17-15+,20-18+. The third kappa shape index (κ3) is 32.9. The Balaban J connectivity index is 4.43. The number of hydrogen-bond donors (Lipinski definition) is 0. The summed E-state index contributed by atoms with van der Waals surface area (Å²) in [6.45, 7) is 4.48. The molecule has 0 aliphatic rings. The zero-order chi connectivity index (χ0) is 37.8. The lowest BCUT2D eigenvalue weighted by Crippen LogP contribution is -2.55. The van der Waals surface area contributed by atoms with E-state index < -0.39 is 18.1 Å². The van der Waals surface area contributed by atoms with Gasteiger partial charge in [0.25, 0.3) is 0 Å². The van der Waals surface area contributed by atoms with Crippen LogP contribution in [0, 0.1) is 0 Å². The fourth-order valence-electron chi connectivity index (χ4n) is 5.57. The molecule has 0 aromatic carbocycles. The molecule has 0 bridgehead atoms. The van der Waals surface area contributed by atoms with E-state index in [0.717, 1.165) is 89.9 Å². The highest BCUT2D eigenvalue weighted by Gasteiger charge is 2.25. The van der Waals surface area contributed by atoms with Gasteiger partial charge in [0, 0.05) is 19.3 Å². The van der Waals surface area contributed by atoms with Gasteiger partial charge >= 0.3 is 11.9 Å². The maximum atomic E-state index is 12.6. The summed E-state index contributed by atoms with van der Waals surface area (Å²) in [5.41, 5.74) is 0. The Kier molecular flexibility index (Phi) is 32.6. The van der Waals surface area contributed by atoms with Gasteiger partial charge in [0.1, 0.15) is 12.6 Å². The van der Waals surface area contributed by atoms with Crippen molar-refractivity contribution in [2.75, 3.05) is 41.0 Å². The average molecular weight is 718 g/mol. The van der Waals surface area contributed by atoms with Crippen molar-refractivity contribution in [1.29, 1.82) is 0 Å². The molecule has 0 heterocycles. The van der Waals surface area contributed by atoms with Crippen molar-refractivity contribution in [2.24, 2.45) is 0 Å². The number of unbranched alkanes of at least 4 members (excludes halogenated alkanes) is 14. The summed E-state index contributed by atoms with van der Waals surface area (Å²) in [6.07, 6.45) is 38.4. The number of quaternary nitrogens is 1. The molecule has 51 heavy (non-hydrogen) atoms. The highest BCUT2D eigenvalue weighted by atomic mass is 16.6. The smallest absolute Gasteiger partial charge is 0.306 e. The largest absolute Gasteiger partial charge is 0.544 e. The average Bonchev–Trinajstić information content (AvgIpc) is 3.08. The van der Waals surface area contributed by atoms with Gasteiger partial charge in [-0.05, 0) is 64.2 Å². The van der Waals surface area contributed by atoms with Gasteiger partial charge in [-0.1, -0.05) is 120 Å². The van der Waals surface area contributed by atoms with Crippen molar-refractivity contribution >= 4 is 17.9 Å². The summed E-state index contributed by atoms with van der Waals surface area (Å²) < 4.78 is 17.1. The summed E-state index contributed by atoms with van der Waals surface area (Å²) in [7, 11) is 5.38. The molecule has 0 aliphatic carbocycles. The van der Waals surface area contributed by atoms with Crippen molar-refractivity contribution in [3.63, 3.8) is 0 Å². The van der Waals surface area contributed by atoms with E-state index in [9.17, 15) is 19.5 Å². The number of carbonyl (C=O) groups is 3. The van der Waals surface area contributed by atoms with E-state index in [1.165, 1.54) is 32.1 Å². The van der Waals surface area contributed by atoms with E-state index in [0.29, 0.717) is 12.8 Å². The Bertz CT molecular complexity index is 979. The van der Waals surface area contributed by atoms with Crippen LogP contribution in [-0.2, 0) is 28.6 Å². The lowest BCUT2D eigenvalue weighted by Gasteiger charge is -2.34. The Hall–Kier alpha value is -2.71. The topological polar surface area (TPSA) is 102 Å². The Morgan fingerprint density at radius 3 is 1.73 bits per heavy atom. The van der Waals surface area contributed by atoms with Crippen LogP contribution < -0.4 is 5.11 Å². The number of ether oxygens (including phenoxy) is 3. The van der Waals surface area contributed by atoms with Crippen LogP contribution in [0.4, 0.5) is 0 Å². The van der Waals surface area contributed by atoms with Crippen LogP contribution >= 0.6 is 0 Å². The van der Waals surface area contributed by atoms with Crippen LogP contribution in [0.2, 0.25) is 0 Å². The number of likely N-dealkylation sites (N-methyl/N-ethyl adjacent to an activating group) is 1. The van der Waals surface area contributed by atoms with E-state index in [2.05, 4.69) is 62.5 Å². The highest BCUT2D eigenvalue weighted by molar-refractivity contribution is 5.70. The molecular weight excluding hydrogens is 642 g/mol. The van der Waals surface area contributed by atoms with Crippen LogP contribution in [0.5, 0.6) is 0 Å². The molecule has 0 spiro atoms. The summed E-state index contributed by atoms with van der Waals surface area (Å²) >= 11 is 0. The third-order valence-corrected chi connectivity index (χ3v) is 8.73. The monoisotopic (exact) mass is 718 g/mol. The molecule has 2 unspecified atom stereocenters. The van der Waals surface area contributed by atoms with Gasteiger partial charge in [-0.15, -0.1) is 0 Å². The van der Waals surface area contributed by atoms with E-state index in [1.807, 2.05) is 0 Å². The summed E-state index contributed by atoms with van der Waals surface area (Å²) in [4.78, 5) is 36.7. The molecule has 2 atom stereocenters. The number of carbonyl (C=O) groups excluding carboxylic acids is 3. The first-order valence-electron chi connectivity index (χ1n) is 20.2. The van der Waals surface area contributed by atoms with Crippen LogP contribution in [0.3, 0.4) is 0 Å². The molecule has 8 nitrogen and oxygen atoms in total. The molecule has 0 amide bonds. The summed E-state index contributed by atoms with van der Waals surface area (Å²) in [6, 6.07) is -0.730. The number of rotatable bonds is 35. The summed E-state index contributed by atoms with van der Waals surface area (Å²) in [5, 5.41) is 11.6. The first-order valence-corrected chi connectivity index (χ1v) is 20.2. The Labute approximate surface area is 312 Å². The second-order valence-electron chi connectivity index (χ2n) is 14.5. The van der Waals surface area contributed by atoms with Crippen molar-refractivity contribution in [1.82, 2.24) is 0 Å². The second kappa shape index (κ2) is 34.4. The number of carboxylic acids is 1. The molecular formula is C43H75NO7. The molecule has 0 N–H and O–H groups in total. The number of allylic oxidation sites excluding steroid dienone is 8. The minimum Gasteiger partial charge on any atom is -0.544 e. The fraction of sp³-hybridized carbons (Fsp3) is 0.744. The van der Waals surface area contributed by atoms with E-state index >= 15 is 0 Å². The lowest BCUT2D eigenvalue weighted by atomic mass is 10.1. The number of aliphatic carboxylic acids is 1. The third-order valence-electron chi connectivity index (χ3n) is 8.73. The minimum atomic E-state index is -1.13. The Morgan fingerprint density at radius 2 is 1.16 bits per heavy atom. The molecule has 0 fully saturated rings. The van der Waals surface area contributed by atoms with Gasteiger partial charge in [-0.2, -0.15) is 0 Å². The van der Waals surface area contributed by atoms with Gasteiger partial charge < -0.3 is 28.6 Å². The SMILES string of the molecule is CC/C=C/C/C=C/CCCCCCCC(=O)OC(COCCC(C(=O)[O-])[N+](C)(C)C)COC(=O)CCCCCCCC/C=C/C=C/CCCCC. The molecule has 0 aliphatic heterocycles. The van der Waals surface area contributed by atoms with E-state index in [4.69, 9.17) is 14.2 Å². The van der Waals surface area contributed by atoms with E-state index in [-0.39, 0.29) is 42.7 Å². The van der Waals surface area contributed by atoms with Crippen LogP contribution in [-0.4, -0.2) is 75.5 Å². The first-order chi connectivity index (χ1) is 24.6. The van der Waals surface area contributed by atoms with Gasteiger partial charge in [0.2, 0.25) is 0 Å². The van der Waals surface area contributed by atoms with Crippen LogP contribution in [0.1, 0.15) is 155 Å². The maximum Gasteiger partial charge on any atom is 0.306 e. The van der Waals surface area contributed by atoms with Gasteiger partial charge in [0.15, 0.2) is 6.10 Å². The predicted molar refractivity (Wildman–Crippen MR) is 208 cm³/mol. The van der Waals surface area contributed by atoms with Crippen molar-refractivity contribution in [2.45, 2.75) is 167 Å². The van der Waals surface area contributed by atoms with E-state index in [1.54, 1.807) is 21.1 Å². The Morgan fingerprint density at radius 1 is 0.627 bits per heavy atom. The number of carboxylic acid groups (broad SMARTS) is 1. The molecule has 8 heteroatoms. The van der Waals surface area contributed by atoms with Crippen molar-refractivity contribution in [3.8, 4) is 0 Å². The normalized spacial score (nSPS) is 13.5. The van der Waals surface area contributed by atoms with Gasteiger partial charge in [0.05, 0.1) is 40.3 Å². The zero-order valence-electron chi connectivity index (χ0n) is 33.3. The molecule has 0 rings (SSSR count). The fourth-order valence-corrected chi connectivity index (χ4v) is 5.57. The van der Waals surface area contributed by atoms with Gasteiger partial charge in [-0.3, -0.25) is 9.59 Å². The minimum absolute atomic E-state index is 0.0299. The van der Waals surface area contributed by atoms with Crippen LogP contribution in [0.15, 0.2) is 48.6 Å². The lowest BCUT2D eigenvalue weighted by molar-refractivity contribution is -0.889. The molecule has 294 valence electrons. The molecule has 0 aromatic heterocycles. The molecule has 0 aromatic rings. The quantitative estimate of drug-likeness (QED) is 0.0212. The molecule has 0 saturated heterocycles. The number of hydrogen-bond acceptors (Lipinski definition) is 7. The zero-order valence-corrected chi connectivity index (χ0v) is 33.3. The summed E-state index contributed by atoms with van der Waals surface area (Å²) in [5.74, 6) is -1.78. The maximum absolute atomic E-state index is 12.6. The number of nitrogens with zero attached hydrogens (tertiary/aromatic N) is 1. The predicted octanol–water partition coefficient (Wildman–Crippen LogP) is 9.13. The molecule has 0 saturated carbocycles. The van der Waals surface area contributed by atoms with Crippen LogP contribution in [0.25, 0.3) is 0 Å². The first kappa shape index (κ1) is 48.3. The molecule has 0 radical (unpaired) electrons. The van der Waals surface area contributed by atoms with Crippen molar-refractivity contribution in [3.05, 3.63) is 48.6 Å².